The van der Waals surface area contributed by atoms with Crippen LogP contribution in [-0.4, -0.2) is 30.4 Å². The Hall–Kier alpha value is -1.62. The van der Waals surface area contributed by atoms with Crippen molar-refractivity contribution >= 4 is 17.3 Å². The Morgan fingerprint density at radius 2 is 2.05 bits per heavy atom. The van der Waals surface area contributed by atoms with Crippen LogP contribution < -0.4 is 11.1 Å². The van der Waals surface area contributed by atoms with Crippen molar-refractivity contribution in [3.63, 3.8) is 0 Å². The smallest absolute Gasteiger partial charge is 0.225 e. The molecule has 1 aromatic rings. The number of anilines is 2. The standard InChI is InChI=1S/C16H24FN3O/c1-16(2)6-9-20(10-7-16)8-5-15(21)19-12-3-4-13(17)14(18)11-12/h3-4,11H,5-10,18H2,1-2H3,(H,19,21). The summed E-state index contributed by atoms with van der Waals surface area (Å²) < 4.78 is 13.0. The summed E-state index contributed by atoms with van der Waals surface area (Å²) in [4.78, 5) is 14.2. The summed E-state index contributed by atoms with van der Waals surface area (Å²) in [5.41, 5.74) is 6.49. The predicted molar refractivity (Wildman–Crippen MR) is 83.5 cm³/mol. The lowest BCUT2D eigenvalue weighted by molar-refractivity contribution is -0.116. The van der Waals surface area contributed by atoms with Crippen molar-refractivity contribution < 1.29 is 9.18 Å². The van der Waals surface area contributed by atoms with Crippen molar-refractivity contribution in [3.05, 3.63) is 24.0 Å². The number of benzene rings is 1. The molecule has 0 aliphatic carbocycles. The average molecular weight is 293 g/mol. The highest BCUT2D eigenvalue weighted by molar-refractivity contribution is 5.91. The highest BCUT2D eigenvalue weighted by Crippen LogP contribution is 2.29. The highest BCUT2D eigenvalue weighted by atomic mass is 19.1. The molecular formula is C16H24FN3O. The number of carbonyl (C=O) groups is 1. The first-order chi connectivity index (χ1) is 9.85. The van der Waals surface area contributed by atoms with Gasteiger partial charge in [0.05, 0.1) is 5.69 Å². The minimum Gasteiger partial charge on any atom is -0.396 e. The molecule has 21 heavy (non-hydrogen) atoms. The summed E-state index contributed by atoms with van der Waals surface area (Å²) >= 11 is 0. The summed E-state index contributed by atoms with van der Waals surface area (Å²) in [6.07, 6.45) is 2.78. The quantitative estimate of drug-likeness (QED) is 0.839. The molecule has 0 aromatic heterocycles. The first-order valence-electron chi connectivity index (χ1n) is 7.43. The summed E-state index contributed by atoms with van der Waals surface area (Å²) in [7, 11) is 0. The molecule has 1 aliphatic rings. The van der Waals surface area contributed by atoms with Crippen molar-refractivity contribution in [1.29, 1.82) is 0 Å². The maximum Gasteiger partial charge on any atom is 0.225 e. The highest BCUT2D eigenvalue weighted by Gasteiger charge is 2.25. The molecule has 4 nitrogen and oxygen atoms in total. The fraction of sp³-hybridized carbons (Fsp3) is 0.562. The van der Waals surface area contributed by atoms with Crippen LogP contribution in [0.1, 0.15) is 33.1 Å². The second-order valence-electron chi connectivity index (χ2n) is 6.54. The third-order valence-electron chi connectivity index (χ3n) is 4.14. The van der Waals surface area contributed by atoms with Crippen molar-refractivity contribution in [3.8, 4) is 0 Å². The van der Waals surface area contributed by atoms with Gasteiger partial charge in [-0.25, -0.2) is 4.39 Å². The van der Waals surface area contributed by atoms with Crippen LogP contribution in [-0.2, 0) is 4.79 Å². The molecule has 0 radical (unpaired) electrons. The molecule has 3 N–H and O–H groups in total. The van der Waals surface area contributed by atoms with E-state index in [1.165, 1.54) is 31.0 Å². The van der Waals surface area contributed by atoms with Crippen LogP contribution in [0, 0.1) is 11.2 Å². The van der Waals surface area contributed by atoms with Crippen molar-refractivity contribution in [2.24, 2.45) is 5.41 Å². The first kappa shape index (κ1) is 15.8. The number of nitrogens with one attached hydrogen (secondary N) is 1. The molecule has 1 aliphatic heterocycles. The molecule has 0 atom stereocenters. The molecule has 0 bridgehead atoms. The molecule has 0 saturated carbocycles. The van der Waals surface area contributed by atoms with Crippen molar-refractivity contribution in [2.45, 2.75) is 33.1 Å². The largest absolute Gasteiger partial charge is 0.396 e. The van der Waals surface area contributed by atoms with Crippen LogP contribution in [0.25, 0.3) is 0 Å². The zero-order valence-electron chi connectivity index (χ0n) is 12.8. The van der Waals surface area contributed by atoms with E-state index in [2.05, 4.69) is 24.1 Å². The molecular weight excluding hydrogens is 269 g/mol. The van der Waals surface area contributed by atoms with Gasteiger partial charge in [0.1, 0.15) is 5.82 Å². The van der Waals surface area contributed by atoms with E-state index in [0.717, 1.165) is 19.6 Å². The fourth-order valence-electron chi connectivity index (χ4n) is 2.49. The molecule has 1 heterocycles. The number of amides is 1. The van der Waals surface area contributed by atoms with E-state index in [0.29, 0.717) is 17.5 Å². The number of likely N-dealkylation sites (tertiary alicyclic amines) is 1. The van der Waals surface area contributed by atoms with Gasteiger partial charge < -0.3 is 16.0 Å². The van der Waals surface area contributed by atoms with Gasteiger partial charge >= 0.3 is 0 Å². The zero-order chi connectivity index (χ0) is 15.5. The second kappa shape index (κ2) is 6.43. The minimum atomic E-state index is -0.469. The Morgan fingerprint density at radius 1 is 1.38 bits per heavy atom. The van der Waals surface area contributed by atoms with E-state index in [9.17, 15) is 9.18 Å². The van der Waals surface area contributed by atoms with Gasteiger partial charge in [0.15, 0.2) is 0 Å². The van der Waals surface area contributed by atoms with Gasteiger partial charge in [-0.15, -0.1) is 0 Å². The number of nitrogens with zero attached hydrogens (tertiary/aromatic N) is 1. The number of nitrogens with two attached hydrogens (primary N) is 1. The van der Waals surface area contributed by atoms with Crippen LogP contribution >= 0.6 is 0 Å². The number of halogens is 1. The van der Waals surface area contributed by atoms with Gasteiger partial charge in [0, 0.05) is 18.7 Å². The van der Waals surface area contributed by atoms with Gasteiger partial charge in [-0.2, -0.15) is 0 Å². The molecule has 1 amide bonds. The SMILES string of the molecule is CC1(C)CCN(CCC(=O)Nc2ccc(F)c(N)c2)CC1. The summed E-state index contributed by atoms with van der Waals surface area (Å²) in [6.45, 7) is 7.43. The predicted octanol–water partition coefficient (Wildman–Crippen LogP) is 2.86. The van der Waals surface area contributed by atoms with Crippen LogP contribution in [0.5, 0.6) is 0 Å². The first-order valence-corrected chi connectivity index (χ1v) is 7.43. The lowest BCUT2D eigenvalue weighted by Crippen LogP contribution is -2.38. The van der Waals surface area contributed by atoms with E-state index in [4.69, 9.17) is 5.73 Å². The molecule has 1 saturated heterocycles. The van der Waals surface area contributed by atoms with Gasteiger partial charge in [-0.3, -0.25) is 4.79 Å². The number of piperidine rings is 1. The number of nitrogen functional groups attached to an aromatic ring is 1. The Bertz CT molecular complexity index is 506. The molecule has 5 heteroatoms. The Labute approximate surface area is 125 Å². The summed E-state index contributed by atoms with van der Waals surface area (Å²) in [5, 5.41) is 2.75. The van der Waals surface area contributed by atoms with Gasteiger partial charge in [0.2, 0.25) is 5.91 Å². The Morgan fingerprint density at radius 3 is 2.67 bits per heavy atom. The molecule has 0 spiro atoms. The summed E-state index contributed by atoms with van der Waals surface area (Å²) in [6, 6.07) is 4.22. The van der Waals surface area contributed by atoms with E-state index in [1.54, 1.807) is 0 Å². The molecule has 2 rings (SSSR count). The van der Waals surface area contributed by atoms with E-state index < -0.39 is 5.82 Å². The van der Waals surface area contributed by atoms with E-state index in [1.807, 2.05) is 0 Å². The third-order valence-corrected chi connectivity index (χ3v) is 4.14. The van der Waals surface area contributed by atoms with Crippen LogP contribution in [0.15, 0.2) is 18.2 Å². The molecule has 116 valence electrons. The Kier molecular flexibility index (Phi) is 4.83. The van der Waals surface area contributed by atoms with Gasteiger partial charge in [-0.05, 0) is 49.5 Å². The van der Waals surface area contributed by atoms with Gasteiger partial charge in [0.25, 0.3) is 0 Å². The molecule has 0 unspecified atom stereocenters. The molecule has 1 fully saturated rings. The van der Waals surface area contributed by atoms with Crippen LogP contribution in [0.2, 0.25) is 0 Å². The zero-order valence-corrected chi connectivity index (χ0v) is 12.8. The monoisotopic (exact) mass is 293 g/mol. The minimum absolute atomic E-state index is 0.0473. The second-order valence-corrected chi connectivity index (χ2v) is 6.54. The topological polar surface area (TPSA) is 58.4 Å². The summed E-state index contributed by atoms with van der Waals surface area (Å²) in [5.74, 6) is -0.533. The average Bonchev–Trinajstić information content (AvgIpc) is 2.42. The number of hydrogen-bond donors (Lipinski definition) is 2. The van der Waals surface area contributed by atoms with E-state index >= 15 is 0 Å². The third kappa shape index (κ3) is 4.70. The number of carbonyl (C=O) groups excluding carboxylic acids is 1. The van der Waals surface area contributed by atoms with Crippen molar-refractivity contribution in [1.82, 2.24) is 4.90 Å². The van der Waals surface area contributed by atoms with Crippen molar-refractivity contribution in [2.75, 3.05) is 30.7 Å². The number of hydrogen-bond acceptors (Lipinski definition) is 3. The molecule has 1 aromatic carbocycles. The lowest BCUT2D eigenvalue weighted by Gasteiger charge is -2.36. The van der Waals surface area contributed by atoms with Gasteiger partial charge in [-0.1, -0.05) is 13.8 Å². The number of rotatable bonds is 4. The van der Waals surface area contributed by atoms with Crippen LogP contribution in [0.3, 0.4) is 0 Å². The maximum atomic E-state index is 13.0. The normalized spacial score (nSPS) is 18.4. The lowest BCUT2D eigenvalue weighted by atomic mass is 9.83. The maximum absolute atomic E-state index is 13.0. The van der Waals surface area contributed by atoms with E-state index in [-0.39, 0.29) is 11.6 Å². The Balaban J connectivity index is 1.76. The fourth-order valence-corrected chi connectivity index (χ4v) is 2.49. The van der Waals surface area contributed by atoms with Crippen LogP contribution in [0.4, 0.5) is 15.8 Å².